The number of fused-ring (bicyclic) bond motifs is 1. The third kappa shape index (κ3) is 3.56. The van der Waals surface area contributed by atoms with E-state index in [2.05, 4.69) is 10.2 Å². The van der Waals surface area contributed by atoms with E-state index in [9.17, 15) is 0 Å². The summed E-state index contributed by atoms with van der Waals surface area (Å²) >= 11 is 1.45. The summed E-state index contributed by atoms with van der Waals surface area (Å²) in [7, 11) is 6.41. The molecule has 8 nitrogen and oxygen atoms in total. The van der Waals surface area contributed by atoms with Gasteiger partial charge in [-0.1, -0.05) is 23.5 Å². The van der Waals surface area contributed by atoms with Gasteiger partial charge < -0.3 is 18.9 Å². The Hall–Kier alpha value is -3.33. The SMILES string of the molecule is COc1ccc(Cc2nnc3sc(-c4cc(OC)c(OC)c(OC)c4)nn23)cc1. The first-order chi connectivity index (χ1) is 14.2. The first kappa shape index (κ1) is 19.0. The number of benzene rings is 2. The Bertz CT molecular complexity index is 1110. The van der Waals surface area contributed by atoms with E-state index in [-0.39, 0.29) is 0 Å². The first-order valence-electron chi connectivity index (χ1n) is 8.81. The van der Waals surface area contributed by atoms with E-state index in [1.807, 2.05) is 36.4 Å². The van der Waals surface area contributed by atoms with Gasteiger partial charge in [0.1, 0.15) is 10.8 Å². The molecule has 0 spiro atoms. The van der Waals surface area contributed by atoms with E-state index in [4.69, 9.17) is 24.0 Å². The summed E-state index contributed by atoms with van der Waals surface area (Å²) in [6.45, 7) is 0. The second kappa shape index (κ2) is 7.96. The summed E-state index contributed by atoms with van der Waals surface area (Å²) in [6.07, 6.45) is 0.615. The van der Waals surface area contributed by atoms with Gasteiger partial charge in [0.05, 0.1) is 28.4 Å². The zero-order valence-electron chi connectivity index (χ0n) is 16.5. The van der Waals surface area contributed by atoms with Gasteiger partial charge in [-0.15, -0.1) is 10.2 Å². The van der Waals surface area contributed by atoms with E-state index >= 15 is 0 Å². The van der Waals surface area contributed by atoms with Crippen molar-refractivity contribution in [3.63, 3.8) is 0 Å². The molecule has 9 heteroatoms. The van der Waals surface area contributed by atoms with Gasteiger partial charge in [-0.2, -0.15) is 9.61 Å². The third-order valence-corrected chi connectivity index (χ3v) is 5.44. The Balaban J connectivity index is 1.70. The summed E-state index contributed by atoms with van der Waals surface area (Å²) in [4.78, 5) is 0.720. The normalized spacial score (nSPS) is 10.9. The van der Waals surface area contributed by atoms with Crippen LogP contribution in [0.15, 0.2) is 36.4 Å². The Kier molecular flexibility index (Phi) is 5.22. The lowest BCUT2D eigenvalue weighted by Gasteiger charge is -2.13. The van der Waals surface area contributed by atoms with Crippen molar-refractivity contribution in [2.45, 2.75) is 6.42 Å². The minimum Gasteiger partial charge on any atom is -0.497 e. The molecule has 0 unspecified atom stereocenters. The number of aromatic nitrogens is 4. The topological polar surface area (TPSA) is 80.0 Å². The van der Waals surface area contributed by atoms with Crippen molar-refractivity contribution >= 4 is 16.3 Å². The largest absolute Gasteiger partial charge is 0.497 e. The van der Waals surface area contributed by atoms with Crippen LogP contribution in [0.2, 0.25) is 0 Å². The highest BCUT2D eigenvalue weighted by Gasteiger charge is 2.18. The molecule has 2 aromatic heterocycles. The van der Waals surface area contributed by atoms with Crippen LogP contribution >= 0.6 is 11.3 Å². The predicted octanol–water partition coefficient (Wildman–Crippen LogP) is 3.48. The molecule has 0 fully saturated rings. The van der Waals surface area contributed by atoms with Crippen molar-refractivity contribution in [2.75, 3.05) is 28.4 Å². The average molecular weight is 412 g/mol. The Labute approximate surface area is 171 Å². The second-order valence-corrected chi connectivity index (χ2v) is 7.11. The Morgan fingerprint density at radius 3 is 2.14 bits per heavy atom. The lowest BCUT2D eigenvalue weighted by Crippen LogP contribution is -1.98. The minimum absolute atomic E-state index is 0.543. The van der Waals surface area contributed by atoms with Crippen LogP contribution in [0, 0.1) is 0 Å². The van der Waals surface area contributed by atoms with Crippen LogP contribution < -0.4 is 18.9 Å². The van der Waals surface area contributed by atoms with Gasteiger partial charge in [-0.25, -0.2) is 0 Å². The first-order valence-corrected chi connectivity index (χ1v) is 9.63. The number of ether oxygens (including phenoxy) is 4. The van der Waals surface area contributed by atoms with Crippen LogP contribution in [0.5, 0.6) is 23.0 Å². The van der Waals surface area contributed by atoms with E-state index < -0.39 is 0 Å². The number of hydrogen-bond donors (Lipinski definition) is 0. The van der Waals surface area contributed by atoms with Crippen LogP contribution in [0.1, 0.15) is 11.4 Å². The van der Waals surface area contributed by atoms with Crippen LogP contribution in [0.4, 0.5) is 0 Å². The highest BCUT2D eigenvalue weighted by molar-refractivity contribution is 7.19. The van der Waals surface area contributed by atoms with Crippen molar-refractivity contribution in [2.24, 2.45) is 0 Å². The van der Waals surface area contributed by atoms with Gasteiger partial charge in [0.2, 0.25) is 10.7 Å². The molecule has 0 saturated heterocycles. The van der Waals surface area contributed by atoms with Gasteiger partial charge >= 0.3 is 0 Å². The summed E-state index contributed by atoms with van der Waals surface area (Å²) < 4.78 is 23.3. The molecule has 0 atom stereocenters. The molecule has 0 aliphatic rings. The van der Waals surface area contributed by atoms with E-state index in [1.54, 1.807) is 33.0 Å². The standard InChI is InChI=1S/C20H20N4O4S/c1-25-14-7-5-12(6-8-14)9-17-21-22-20-24(17)23-19(29-20)13-10-15(26-2)18(28-4)16(11-13)27-3/h5-8,10-11H,9H2,1-4H3. The Morgan fingerprint density at radius 2 is 1.55 bits per heavy atom. The molecule has 0 aliphatic heterocycles. The van der Waals surface area contributed by atoms with Crippen molar-refractivity contribution in [1.82, 2.24) is 19.8 Å². The molecule has 2 heterocycles. The third-order valence-electron chi connectivity index (χ3n) is 4.49. The van der Waals surface area contributed by atoms with Crippen LogP contribution in [-0.2, 0) is 6.42 Å². The molecular weight excluding hydrogens is 392 g/mol. The van der Waals surface area contributed by atoms with Gasteiger partial charge in [0.15, 0.2) is 17.3 Å². The molecule has 0 radical (unpaired) electrons. The maximum absolute atomic E-state index is 5.44. The van der Waals surface area contributed by atoms with Gasteiger partial charge in [-0.05, 0) is 29.8 Å². The van der Waals surface area contributed by atoms with Crippen molar-refractivity contribution in [3.05, 3.63) is 47.8 Å². The molecule has 4 rings (SSSR count). The predicted molar refractivity (Wildman–Crippen MR) is 110 cm³/mol. The molecule has 2 aromatic carbocycles. The lowest BCUT2D eigenvalue weighted by atomic mass is 10.1. The number of rotatable bonds is 7. The zero-order valence-corrected chi connectivity index (χ0v) is 17.3. The van der Waals surface area contributed by atoms with Gasteiger partial charge in [-0.3, -0.25) is 0 Å². The quantitative estimate of drug-likeness (QED) is 0.460. The molecule has 0 aliphatic carbocycles. The molecule has 0 bridgehead atoms. The van der Waals surface area contributed by atoms with Gasteiger partial charge in [0.25, 0.3) is 0 Å². The smallest absolute Gasteiger partial charge is 0.234 e. The van der Waals surface area contributed by atoms with Crippen LogP contribution in [-0.4, -0.2) is 48.3 Å². The maximum Gasteiger partial charge on any atom is 0.234 e. The molecule has 29 heavy (non-hydrogen) atoms. The molecule has 150 valence electrons. The van der Waals surface area contributed by atoms with Crippen LogP contribution in [0.25, 0.3) is 15.5 Å². The van der Waals surface area contributed by atoms with Crippen molar-refractivity contribution < 1.29 is 18.9 Å². The van der Waals surface area contributed by atoms with E-state index in [0.29, 0.717) is 23.7 Å². The molecule has 0 amide bonds. The fraction of sp³-hybridized carbons (Fsp3) is 0.250. The fourth-order valence-corrected chi connectivity index (χ4v) is 3.86. The Morgan fingerprint density at radius 1 is 0.862 bits per heavy atom. The maximum atomic E-state index is 5.44. The molecular formula is C20H20N4O4S. The van der Waals surface area contributed by atoms with E-state index in [0.717, 1.165) is 32.7 Å². The number of methoxy groups -OCH3 is 4. The van der Waals surface area contributed by atoms with Crippen molar-refractivity contribution in [3.8, 4) is 33.6 Å². The van der Waals surface area contributed by atoms with Crippen LogP contribution in [0.3, 0.4) is 0 Å². The molecule has 4 aromatic rings. The monoisotopic (exact) mass is 412 g/mol. The lowest BCUT2D eigenvalue weighted by molar-refractivity contribution is 0.324. The van der Waals surface area contributed by atoms with Gasteiger partial charge in [0, 0.05) is 12.0 Å². The van der Waals surface area contributed by atoms with Crippen molar-refractivity contribution in [1.29, 1.82) is 0 Å². The number of hydrogen-bond acceptors (Lipinski definition) is 8. The van der Waals surface area contributed by atoms with E-state index in [1.165, 1.54) is 11.3 Å². The zero-order chi connectivity index (χ0) is 20.4. The molecule has 0 N–H and O–H groups in total. The number of nitrogens with zero attached hydrogens (tertiary/aromatic N) is 4. The fourth-order valence-electron chi connectivity index (χ4n) is 3.01. The summed E-state index contributed by atoms with van der Waals surface area (Å²) in [5.41, 5.74) is 1.95. The summed E-state index contributed by atoms with van der Waals surface area (Å²) in [5.74, 6) is 3.28. The summed E-state index contributed by atoms with van der Waals surface area (Å²) in [5, 5.41) is 14.0. The molecule has 0 saturated carbocycles. The highest BCUT2D eigenvalue weighted by atomic mass is 32.1. The minimum atomic E-state index is 0.543. The summed E-state index contributed by atoms with van der Waals surface area (Å²) in [6, 6.07) is 11.6. The average Bonchev–Trinajstić information content (AvgIpc) is 3.35. The second-order valence-electron chi connectivity index (χ2n) is 6.16. The highest BCUT2D eigenvalue weighted by Crippen LogP contribution is 2.41.